The van der Waals surface area contributed by atoms with Gasteiger partial charge in [0.25, 0.3) is 10.0 Å². The largest absolute Gasteiger partial charge is 0.354 e. The zero-order chi connectivity index (χ0) is 34.3. The molecule has 7 nitrogen and oxygen atoms in total. The van der Waals surface area contributed by atoms with Crippen LogP contribution in [0.25, 0.3) is 0 Å². The smallest absolute Gasteiger partial charge is 0.264 e. The number of aryl methyl sites for hydroxylation is 3. The van der Waals surface area contributed by atoms with Crippen molar-refractivity contribution in [2.24, 2.45) is 5.92 Å². The molecule has 4 aromatic rings. The topological polar surface area (TPSA) is 86.8 Å². The molecule has 4 aromatic carbocycles. The second-order valence-electron chi connectivity index (χ2n) is 12.2. The summed E-state index contributed by atoms with van der Waals surface area (Å²) >= 11 is 12.6. The summed E-state index contributed by atoms with van der Waals surface area (Å²) in [5.74, 6) is -0.712. The van der Waals surface area contributed by atoms with Gasteiger partial charge in [0, 0.05) is 19.5 Å². The molecule has 0 spiro atoms. The van der Waals surface area contributed by atoms with Crippen molar-refractivity contribution in [3.05, 3.63) is 129 Å². The van der Waals surface area contributed by atoms with Crippen LogP contribution < -0.4 is 9.62 Å². The van der Waals surface area contributed by atoms with Crippen molar-refractivity contribution in [3.63, 3.8) is 0 Å². The Kier molecular flexibility index (Phi) is 12.1. The molecule has 10 heteroatoms. The standard InChI is InChI=1S/C37H41Cl2N3O4S/c1-25(2)22-40-37(44)35(21-29-9-7-6-8-10-29)41(23-30-14-18-33(38)34(39)20-30)36(43)24-42(31-15-13-27(4)28(5)19-31)47(45,46)32-16-11-26(3)12-17-32/h6-20,25,35H,21-24H2,1-5H3,(H,40,44)/t35-/m0/s1. The third-order valence-electron chi connectivity index (χ3n) is 7.96. The molecule has 0 saturated heterocycles. The van der Waals surface area contributed by atoms with E-state index in [0.717, 1.165) is 26.6 Å². The number of hydrogen-bond donors (Lipinski definition) is 1. The number of nitrogens with one attached hydrogen (secondary N) is 1. The van der Waals surface area contributed by atoms with Crippen molar-refractivity contribution >= 4 is 50.7 Å². The van der Waals surface area contributed by atoms with Crippen LogP contribution in [0.1, 0.15) is 41.7 Å². The van der Waals surface area contributed by atoms with Crippen molar-refractivity contribution in [1.29, 1.82) is 0 Å². The molecule has 0 aliphatic carbocycles. The molecule has 0 aliphatic rings. The quantitative estimate of drug-likeness (QED) is 0.157. The van der Waals surface area contributed by atoms with Crippen LogP contribution in [0.15, 0.2) is 95.9 Å². The maximum Gasteiger partial charge on any atom is 0.264 e. The number of carbonyl (C=O) groups excluding carboxylic acids is 2. The Morgan fingerprint density at radius 3 is 2.09 bits per heavy atom. The van der Waals surface area contributed by atoms with Gasteiger partial charge in [-0.25, -0.2) is 8.42 Å². The number of nitrogens with zero attached hydrogens (tertiary/aromatic N) is 2. The molecule has 0 aliphatic heterocycles. The Morgan fingerprint density at radius 1 is 0.787 bits per heavy atom. The van der Waals surface area contributed by atoms with Crippen LogP contribution in [0.3, 0.4) is 0 Å². The molecule has 4 rings (SSSR count). The maximum absolute atomic E-state index is 14.6. The highest BCUT2D eigenvalue weighted by atomic mass is 35.5. The maximum atomic E-state index is 14.6. The number of rotatable bonds is 13. The zero-order valence-electron chi connectivity index (χ0n) is 27.3. The summed E-state index contributed by atoms with van der Waals surface area (Å²) in [6.45, 7) is 9.55. The Balaban J connectivity index is 1.83. The Hall–Kier alpha value is -3.85. The average Bonchev–Trinajstić information content (AvgIpc) is 3.04. The molecule has 1 N–H and O–H groups in total. The Bertz CT molecular complexity index is 1810. The van der Waals surface area contributed by atoms with E-state index in [4.69, 9.17) is 23.2 Å². The summed E-state index contributed by atoms with van der Waals surface area (Å²) in [6.07, 6.45) is 0.214. The highest BCUT2D eigenvalue weighted by Gasteiger charge is 2.35. The van der Waals surface area contributed by atoms with Crippen LogP contribution in [0.4, 0.5) is 5.69 Å². The third kappa shape index (κ3) is 9.37. The van der Waals surface area contributed by atoms with Gasteiger partial charge in [0.1, 0.15) is 12.6 Å². The lowest BCUT2D eigenvalue weighted by Crippen LogP contribution is -2.53. The first-order valence-corrected chi connectivity index (χ1v) is 17.7. The molecule has 0 radical (unpaired) electrons. The minimum absolute atomic E-state index is 0.00628. The summed E-state index contributed by atoms with van der Waals surface area (Å²) in [5.41, 5.74) is 4.60. The molecular formula is C37H41Cl2N3O4S. The summed E-state index contributed by atoms with van der Waals surface area (Å²) in [4.78, 5) is 30.0. The fourth-order valence-corrected chi connectivity index (χ4v) is 6.78. The van der Waals surface area contributed by atoms with Crippen molar-refractivity contribution < 1.29 is 18.0 Å². The second-order valence-corrected chi connectivity index (χ2v) is 14.9. The lowest BCUT2D eigenvalue weighted by atomic mass is 10.0. The highest BCUT2D eigenvalue weighted by Crippen LogP contribution is 2.28. The summed E-state index contributed by atoms with van der Waals surface area (Å²) in [5, 5.41) is 3.65. The van der Waals surface area contributed by atoms with Crippen LogP contribution in [-0.2, 0) is 32.6 Å². The van der Waals surface area contributed by atoms with Crippen molar-refractivity contribution in [2.75, 3.05) is 17.4 Å². The minimum Gasteiger partial charge on any atom is -0.354 e. The van der Waals surface area contributed by atoms with E-state index in [9.17, 15) is 18.0 Å². The Morgan fingerprint density at radius 2 is 1.47 bits per heavy atom. The van der Waals surface area contributed by atoms with Gasteiger partial charge in [-0.15, -0.1) is 0 Å². The van der Waals surface area contributed by atoms with Gasteiger partial charge in [-0.1, -0.05) is 97.2 Å². The molecule has 2 amide bonds. The number of amides is 2. The van der Waals surface area contributed by atoms with Gasteiger partial charge in [0.05, 0.1) is 20.6 Å². The van der Waals surface area contributed by atoms with E-state index in [1.165, 1.54) is 17.0 Å². The van der Waals surface area contributed by atoms with Crippen molar-refractivity contribution in [1.82, 2.24) is 10.2 Å². The number of benzene rings is 4. The summed E-state index contributed by atoms with van der Waals surface area (Å²) in [7, 11) is -4.19. The van der Waals surface area contributed by atoms with Gasteiger partial charge in [-0.3, -0.25) is 13.9 Å². The van der Waals surface area contributed by atoms with E-state index in [2.05, 4.69) is 5.32 Å². The van der Waals surface area contributed by atoms with Gasteiger partial charge in [-0.2, -0.15) is 0 Å². The molecular weight excluding hydrogens is 653 g/mol. The van der Waals surface area contributed by atoms with Gasteiger partial charge < -0.3 is 10.2 Å². The van der Waals surface area contributed by atoms with E-state index < -0.39 is 28.5 Å². The molecule has 0 heterocycles. The van der Waals surface area contributed by atoms with Crippen LogP contribution in [0, 0.1) is 26.7 Å². The zero-order valence-corrected chi connectivity index (χ0v) is 29.7. The van der Waals surface area contributed by atoms with E-state index in [-0.39, 0.29) is 29.7 Å². The molecule has 47 heavy (non-hydrogen) atoms. The normalized spacial score (nSPS) is 12.1. The SMILES string of the molecule is Cc1ccc(S(=O)(=O)N(CC(=O)N(Cc2ccc(Cl)c(Cl)c2)[C@@H](Cc2ccccc2)C(=O)NCC(C)C)c2ccc(C)c(C)c2)cc1. The number of carbonyl (C=O) groups is 2. The lowest BCUT2D eigenvalue weighted by molar-refractivity contribution is -0.140. The van der Waals surface area contributed by atoms with Crippen LogP contribution >= 0.6 is 23.2 Å². The minimum atomic E-state index is -4.19. The molecule has 0 saturated carbocycles. The fraction of sp³-hybridized carbons (Fsp3) is 0.297. The van der Waals surface area contributed by atoms with E-state index >= 15 is 0 Å². The van der Waals surface area contributed by atoms with Gasteiger partial charge in [0.2, 0.25) is 11.8 Å². The third-order valence-corrected chi connectivity index (χ3v) is 10.5. The molecule has 0 unspecified atom stereocenters. The first kappa shape index (κ1) is 36.0. The number of sulfonamides is 1. The van der Waals surface area contributed by atoms with Gasteiger partial charge >= 0.3 is 0 Å². The summed E-state index contributed by atoms with van der Waals surface area (Å²) < 4.78 is 29.6. The first-order chi connectivity index (χ1) is 22.3. The number of halogens is 2. The highest BCUT2D eigenvalue weighted by molar-refractivity contribution is 7.92. The first-order valence-electron chi connectivity index (χ1n) is 15.5. The molecule has 0 bridgehead atoms. The van der Waals surface area contributed by atoms with Crippen molar-refractivity contribution in [2.45, 2.75) is 58.5 Å². The number of hydrogen-bond acceptors (Lipinski definition) is 4. The van der Waals surface area contributed by atoms with Crippen molar-refractivity contribution in [3.8, 4) is 0 Å². The molecule has 0 fully saturated rings. The predicted octanol–water partition coefficient (Wildman–Crippen LogP) is 7.53. The number of anilines is 1. The predicted molar refractivity (Wildman–Crippen MR) is 190 cm³/mol. The van der Waals surface area contributed by atoms with E-state index in [0.29, 0.717) is 27.8 Å². The average molecular weight is 695 g/mol. The fourth-order valence-electron chi connectivity index (χ4n) is 5.06. The van der Waals surface area contributed by atoms with Crippen LogP contribution in [0.2, 0.25) is 10.0 Å². The molecule has 0 aromatic heterocycles. The Labute approximate surface area is 288 Å². The van der Waals surface area contributed by atoms with Crippen LogP contribution in [-0.4, -0.2) is 44.3 Å². The molecule has 248 valence electrons. The molecule has 1 atom stereocenters. The van der Waals surface area contributed by atoms with Gasteiger partial charge in [0.15, 0.2) is 0 Å². The van der Waals surface area contributed by atoms with E-state index in [1.54, 1.807) is 42.5 Å². The summed E-state index contributed by atoms with van der Waals surface area (Å²) in [6, 6.07) is 25.3. The monoisotopic (exact) mass is 693 g/mol. The van der Waals surface area contributed by atoms with E-state index in [1.807, 2.05) is 71.0 Å². The second kappa shape index (κ2) is 15.8. The van der Waals surface area contributed by atoms with Crippen LogP contribution in [0.5, 0.6) is 0 Å². The lowest BCUT2D eigenvalue weighted by Gasteiger charge is -2.34. The van der Waals surface area contributed by atoms with Gasteiger partial charge in [-0.05, 0) is 85.3 Å².